The number of rotatable bonds is 3. The number of Topliss-reactive ketones (excluding diaryl/α,β-unsaturated/α-hetero) is 1. The molecule has 0 saturated carbocycles. The summed E-state index contributed by atoms with van der Waals surface area (Å²) in [5.74, 6) is -0.102. The van der Waals surface area contributed by atoms with Gasteiger partial charge in [-0.3, -0.25) is 14.4 Å². The summed E-state index contributed by atoms with van der Waals surface area (Å²) in [6.45, 7) is 5.72. The van der Waals surface area contributed by atoms with E-state index in [0.717, 1.165) is 6.42 Å². The Kier molecular flexibility index (Phi) is 5.12. The summed E-state index contributed by atoms with van der Waals surface area (Å²) in [5, 5.41) is 0. The molecule has 1 heterocycles. The van der Waals surface area contributed by atoms with E-state index in [-0.39, 0.29) is 24.0 Å². The topological polar surface area (TPSA) is 57.7 Å². The number of carbonyl (C=O) groups excluding carboxylic acids is 3. The summed E-state index contributed by atoms with van der Waals surface area (Å²) in [6.07, 6.45) is 1.26. The van der Waals surface area contributed by atoms with Crippen LogP contribution in [0.5, 0.6) is 0 Å². The molecule has 0 bridgehead atoms. The van der Waals surface area contributed by atoms with Gasteiger partial charge in [0, 0.05) is 32.6 Å². The fraction of sp³-hybridized carbons (Fsp3) is 0.750. The molecule has 0 aromatic carbocycles. The highest BCUT2D eigenvalue weighted by molar-refractivity contribution is 5.96. The van der Waals surface area contributed by atoms with E-state index in [1.807, 2.05) is 6.92 Å². The second kappa shape index (κ2) is 6.37. The van der Waals surface area contributed by atoms with E-state index in [1.54, 1.807) is 9.80 Å². The van der Waals surface area contributed by atoms with Crippen molar-refractivity contribution in [3.63, 3.8) is 0 Å². The third kappa shape index (κ3) is 4.17. The lowest BCUT2D eigenvalue weighted by molar-refractivity contribution is -0.136. The van der Waals surface area contributed by atoms with Crippen LogP contribution in [0.4, 0.5) is 0 Å². The molecule has 0 N–H and O–H groups in total. The van der Waals surface area contributed by atoms with Gasteiger partial charge in [0.15, 0.2) is 0 Å². The summed E-state index contributed by atoms with van der Waals surface area (Å²) < 4.78 is 0. The average Bonchev–Trinajstić information content (AvgIpc) is 2.52. The van der Waals surface area contributed by atoms with E-state index in [0.29, 0.717) is 32.6 Å². The molecule has 0 radical (unpaired) electrons. The summed E-state index contributed by atoms with van der Waals surface area (Å²) in [5.41, 5.74) is 0. The SMILES string of the molecule is CCC(=O)N1CCCN(C(=O)CC(C)=O)CC1. The molecule has 5 heteroatoms. The van der Waals surface area contributed by atoms with E-state index in [1.165, 1.54) is 6.92 Å². The van der Waals surface area contributed by atoms with Crippen LogP contribution >= 0.6 is 0 Å². The van der Waals surface area contributed by atoms with Crippen LogP contribution in [-0.2, 0) is 14.4 Å². The first kappa shape index (κ1) is 13.7. The highest BCUT2D eigenvalue weighted by Gasteiger charge is 2.21. The lowest BCUT2D eigenvalue weighted by Gasteiger charge is -2.21. The van der Waals surface area contributed by atoms with Crippen molar-refractivity contribution in [2.24, 2.45) is 0 Å². The van der Waals surface area contributed by atoms with Gasteiger partial charge >= 0.3 is 0 Å². The first-order valence-corrected chi connectivity index (χ1v) is 6.09. The Bertz CT molecular complexity index is 315. The molecule has 1 aliphatic rings. The molecule has 2 amide bonds. The Balaban J connectivity index is 2.50. The highest BCUT2D eigenvalue weighted by atomic mass is 16.2. The van der Waals surface area contributed by atoms with Gasteiger partial charge in [-0.05, 0) is 13.3 Å². The molecule has 96 valence electrons. The van der Waals surface area contributed by atoms with Crippen molar-refractivity contribution in [2.75, 3.05) is 26.2 Å². The maximum Gasteiger partial charge on any atom is 0.230 e. The Morgan fingerprint density at radius 3 is 1.94 bits per heavy atom. The second-order valence-corrected chi connectivity index (χ2v) is 4.35. The van der Waals surface area contributed by atoms with E-state index in [4.69, 9.17) is 0 Å². The molecule has 1 saturated heterocycles. The fourth-order valence-electron chi connectivity index (χ4n) is 1.96. The summed E-state index contributed by atoms with van der Waals surface area (Å²) in [7, 11) is 0. The minimum atomic E-state index is -0.122. The number of hydrogen-bond acceptors (Lipinski definition) is 3. The summed E-state index contributed by atoms with van der Waals surface area (Å²) in [6, 6.07) is 0. The van der Waals surface area contributed by atoms with Crippen molar-refractivity contribution in [1.29, 1.82) is 0 Å². The van der Waals surface area contributed by atoms with Crippen LogP contribution in [0.25, 0.3) is 0 Å². The molecule has 1 rings (SSSR count). The van der Waals surface area contributed by atoms with Gasteiger partial charge in [0.1, 0.15) is 5.78 Å². The lowest BCUT2D eigenvalue weighted by atomic mass is 10.2. The van der Waals surface area contributed by atoms with Crippen molar-refractivity contribution in [3.8, 4) is 0 Å². The molecule has 5 nitrogen and oxygen atoms in total. The molecule has 0 atom stereocenters. The first-order chi connectivity index (χ1) is 8.04. The average molecular weight is 240 g/mol. The van der Waals surface area contributed by atoms with Gasteiger partial charge in [-0.1, -0.05) is 6.92 Å². The molecule has 0 aromatic heterocycles. The van der Waals surface area contributed by atoms with E-state index >= 15 is 0 Å². The van der Waals surface area contributed by atoms with Crippen LogP contribution in [-0.4, -0.2) is 53.6 Å². The van der Waals surface area contributed by atoms with Crippen LogP contribution in [0.15, 0.2) is 0 Å². The Morgan fingerprint density at radius 2 is 1.47 bits per heavy atom. The van der Waals surface area contributed by atoms with E-state index < -0.39 is 0 Å². The molecule has 1 fully saturated rings. The third-order valence-corrected chi connectivity index (χ3v) is 2.90. The second-order valence-electron chi connectivity index (χ2n) is 4.35. The zero-order valence-corrected chi connectivity index (χ0v) is 10.6. The van der Waals surface area contributed by atoms with Gasteiger partial charge in [0.2, 0.25) is 11.8 Å². The predicted octanol–water partition coefficient (Wildman–Crippen LogP) is 0.436. The van der Waals surface area contributed by atoms with E-state index in [2.05, 4.69) is 0 Å². The van der Waals surface area contributed by atoms with Gasteiger partial charge < -0.3 is 9.80 Å². The molecular weight excluding hydrogens is 220 g/mol. The fourth-order valence-corrected chi connectivity index (χ4v) is 1.96. The number of ketones is 1. The van der Waals surface area contributed by atoms with Crippen molar-refractivity contribution in [2.45, 2.75) is 33.1 Å². The normalized spacial score (nSPS) is 16.6. The van der Waals surface area contributed by atoms with Gasteiger partial charge in [0.25, 0.3) is 0 Å². The predicted molar refractivity (Wildman–Crippen MR) is 63.4 cm³/mol. The first-order valence-electron chi connectivity index (χ1n) is 6.09. The van der Waals surface area contributed by atoms with Gasteiger partial charge in [-0.2, -0.15) is 0 Å². The zero-order valence-electron chi connectivity index (χ0n) is 10.6. The van der Waals surface area contributed by atoms with Crippen LogP contribution < -0.4 is 0 Å². The zero-order chi connectivity index (χ0) is 12.8. The van der Waals surface area contributed by atoms with Crippen molar-refractivity contribution < 1.29 is 14.4 Å². The Labute approximate surface area is 102 Å². The molecular formula is C12H20N2O3. The van der Waals surface area contributed by atoms with Crippen molar-refractivity contribution in [3.05, 3.63) is 0 Å². The van der Waals surface area contributed by atoms with Gasteiger partial charge in [-0.25, -0.2) is 0 Å². The number of nitrogens with zero attached hydrogens (tertiary/aromatic N) is 2. The number of amides is 2. The van der Waals surface area contributed by atoms with Crippen molar-refractivity contribution >= 4 is 17.6 Å². The Hall–Kier alpha value is -1.39. The molecule has 0 spiro atoms. The Morgan fingerprint density at radius 1 is 0.941 bits per heavy atom. The molecule has 0 unspecified atom stereocenters. The minimum absolute atomic E-state index is 0.0261. The summed E-state index contributed by atoms with van der Waals surface area (Å²) in [4.78, 5) is 37.6. The number of hydrogen-bond donors (Lipinski definition) is 0. The number of carbonyl (C=O) groups is 3. The smallest absolute Gasteiger partial charge is 0.230 e. The quantitative estimate of drug-likeness (QED) is 0.672. The van der Waals surface area contributed by atoms with Crippen molar-refractivity contribution in [1.82, 2.24) is 9.80 Å². The standard InChI is InChI=1S/C12H20N2O3/c1-3-11(16)13-5-4-6-14(8-7-13)12(17)9-10(2)15/h3-9H2,1-2H3. The largest absolute Gasteiger partial charge is 0.341 e. The third-order valence-electron chi connectivity index (χ3n) is 2.90. The molecule has 1 aliphatic heterocycles. The van der Waals surface area contributed by atoms with Gasteiger partial charge in [-0.15, -0.1) is 0 Å². The highest BCUT2D eigenvalue weighted by Crippen LogP contribution is 2.06. The molecule has 17 heavy (non-hydrogen) atoms. The molecule has 0 aliphatic carbocycles. The maximum absolute atomic E-state index is 11.7. The van der Waals surface area contributed by atoms with Gasteiger partial charge in [0.05, 0.1) is 6.42 Å². The van der Waals surface area contributed by atoms with Crippen LogP contribution in [0.1, 0.15) is 33.1 Å². The maximum atomic E-state index is 11.7. The monoisotopic (exact) mass is 240 g/mol. The minimum Gasteiger partial charge on any atom is -0.341 e. The van der Waals surface area contributed by atoms with Crippen LogP contribution in [0.3, 0.4) is 0 Å². The molecule has 0 aromatic rings. The lowest BCUT2D eigenvalue weighted by Crippen LogP contribution is -2.37. The summed E-state index contributed by atoms with van der Waals surface area (Å²) >= 11 is 0. The van der Waals surface area contributed by atoms with Crippen LogP contribution in [0.2, 0.25) is 0 Å². The van der Waals surface area contributed by atoms with E-state index in [9.17, 15) is 14.4 Å². The van der Waals surface area contributed by atoms with Crippen LogP contribution in [0, 0.1) is 0 Å².